The van der Waals surface area contributed by atoms with Crippen LogP contribution in [0, 0.1) is 6.92 Å². The topological polar surface area (TPSA) is 17.8 Å². The summed E-state index contributed by atoms with van der Waals surface area (Å²) >= 11 is 3.61. The molecule has 126 valence electrons. The molecule has 4 aromatic rings. The number of pyridine rings is 1. The van der Waals surface area contributed by atoms with Crippen LogP contribution in [-0.2, 0) is 5.41 Å². The highest BCUT2D eigenvalue weighted by atomic mass is 79.9. The zero-order chi connectivity index (χ0) is 17.8. The van der Waals surface area contributed by atoms with Crippen LogP contribution in [0.25, 0.3) is 27.6 Å². The Morgan fingerprint density at radius 1 is 0.880 bits per heavy atom. The summed E-state index contributed by atoms with van der Waals surface area (Å²) in [4.78, 5) is 4.70. The van der Waals surface area contributed by atoms with E-state index in [4.69, 9.17) is 4.98 Å². The summed E-state index contributed by atoms with van der Waals surface area (Å²) in [5.74, 6) is 0.973. The van der Waals surface area contributed by atoms with E-state index in [0.29, 0.717) is 0 Å². The van der Waals surface area contributed by atoms with Crippen LogP contribution in [0.2, 0.25) is 0 Å². The molecule has 0 amide bonds. The Morgan fingerprint density at radius 3 is 2.44 bits per heavy atom. The second kappa shape index (κ2) is 5.70. The van der Waals surface area contributed by atoms with Gasteiger partial charge in [0.05, 0.1) is 11.0 Å². The maximum atomic E-state index is 4.70. The van der Waals surface area contributed by atoms with Crippen LogP contribution >= 0.6 is 15.9 Å². The maximum absolute atomic E-state index is 4.70. The summed E-state index contributed by atoms with van der Waals surface area (Å²) < 4.78 is 3.37. The smallest absolute Gasteiger partial charge is 0.137 e. The maximum Gasteiger partial charge on any atom is 0.137 e. The van der Waals surface area contributed by atoms with Gasteiger partial charge in [0.25, 0.3) is 0 Å². The van der Waals surface area contributed by atoms with Gasteiger partial charge in [0, 0.05) is 21.4 Å². The van der Waals surface area contributed by atoms with Crippen molar-refractivity contribution in [3.63, 3.8) is 0 Å². The zero-order valence-corrected chi connectivity index (χ0v) is 16.6. The van der Waals surface area contributed by atoms with Gasteiger partial charge in [-0.05, 0) is 59.9 Å². The molecule has 0 atom stereocenters. The predicted molar refractivity (Wildman–Crippen MR) is 110 cm³/mol. The zero-order valence-electron chi connectivity index (χ0n) is 15.0. The number of aryl methyl sites for hydroxylation is 1. The lowest BCUT2D eigenvalue weighted by atomic mass is 9.88. The van der Waals surface area contributed by atoms with Crippen LogP contribution in [0.5, 0.6) is 0 Å². The Bertz CT molecular complexity index is 1100. The fraction of sp³-hybridized carbons (Fsp3) is 0.227. The van der Waals surface area contributed by atoms with E-state index in [1.54, 1.807) is 0 Å². The number of rotatable bonds is 1. The average molecular weight is 393 g/mol. The molecule has 0 saturated heterocycles. The molecule has 2 aromatic carbocycles. The van der Waals surface area contributed by atoms with Gasteiger partial charge in [0.2, 0.25) is 0 Å². The normalized spacial score (nSPS) is 12.2. The largest absolute Gasteiger partial charge is 0.294 e. The molecule has 3 heteroatoms. The molecule has 0 bridgehead atoms. The van der Waals surface area contributed by atoms with Crippen molar-refractivity contribution in [1.82, 2.24) is 9.55 Å². The first-order chi connectivity index (χ1) is 11.8. The molecule has 0 N–H and O–H groups in total. The number of halogens is 1. The second-order valence-electron chi connectivity index (χ2n) is 7.67. The number of hydrogen-bond donors (Lipinski definition) is 0. The first-order valence-electron chi connectivity index (χ1n) is 8.52. The van der Waals surface area contributed by atoms with Crippen molar-refractivity contribution in [3.8, 4) is 5.82 Å². The van der Waals surface area contributed by atoms with Crippen molar-refractivity contribution in [2.24, 2.45) is 0 Å². The molecule has 25 heavy (non-hydrogen) atoms. The minimum atomic E-state index is 0.0927. The lowest BCUT2D eigenvalue weighted by Crippen LogP contribution is -2.12. The van der Waals surface area contributed by atoms with Crippen LogP contribution < -0.4 is 0 Å². The van der Waals surface area contributed by atoms with Gasteiger partial charge in [0.1, 0.15) is 5.82 Å². The van der Waals surface area contributed by atoms with Gasteiger partial charge in [-0.25, -0.2) is 4.98 Å². The highest BCUT2D eigenvalue weighted by Crippen LogP contribution is 2.34. The molecule has 2 aromatic heterocycles. The predicted octanol–water partition coefficient (Wildman–Crippen LogP) is 6.55. The number of aromatic nitrogens is 2. The van der Waals surface area contributed by atoms with Gasteiger partial charge in [-0.15, -0.1) is 0 Å². The molecule has 2 nitrogen and oxygen atoms in total. The van der Waals surface area contributed by atoms with Gasteiger partial charge >= 0.3 is 0 Å². The van der Waals surface area contributed by atoms with Crippen molar-refractivity contribution >= 4 is 37.7 Å². The van der Waals surface area contributed by atoms with Gasteiger partial charge in [-0.2, -0.15) is 0 Å². The van der Waals surface area contributed by atoms with Crippen molar-refractivity contribution in [2.45, 2.75) is 33.1 Å². The number of fused-ring (bicyclic) bond motifs is 3. The quantitative estimate of drug-likeness (QED) is 0.359. The van der Waals surface area contributed by atoms with Crippen molar-refractivity contribution in [2.75, 3.05) is 0 Å². The highest BCUT2D eigenvalue weighted by Gasteiger charge is 2.17. The molecular formula is C22H21BrN2. The van der Waals surface area contributed by atoms with E-state index in [1.807, 2.05) is 6.20 Å². The van der Waals surface area contributed by atoms with Gasteiger partial charge in [0.15, 0.2) is 0 Å². The van der Waals surface area contributed by atoms with E-state index < -0.39 is 0 Å². The first kappa shape index (κ1) is 16.3. The van der Waals surface area contributed by atoms with E-state index in [1.165, 1.54) is 32.9 Å². The molecular weight excluding hydrogens is 372 g/mol. The van der Waals surface area contributed by atoms with E-state index >= 15 is 0 Å². The monoisotopic (exact) mass is 392 g/mol. The van der Waals surface area contributed by atoms with E-state index in [0.717, 1.165) is 10.3 Å². The molecule has 0 spiro atoms. The van der Waals surface area contributed by atoms with Crippen LogP contribution in [0.1, 0.15) is 31.9 Å². The minimum absolute atomic E-state index is 0.0927. The first-order valence-corrected chi connectivity index (χ1v) is 9.31. The number of nitrogens with zero attached hydrogens (tertiary/aromatic N) is 2. The molecule has 0 saturated carbocycles. The molecule has 0 aliphatic rings. The lowest BCUT2D eigenvalue weighted by Gasteiger charge is -2.20. The van der Waals surface area contributed by atoms with E-state index in [2.05, 4.69) is 96.7 Å². The highest BCUT2D eigenvalue weighted by molar-refractivity contribution is 9.10. The standard InChI is InChI=1S/C22H21BrN2/c1-14-5-7-17-18-13-16(23)6-8-19(18)25(20(17)11-14)21-12-15(9-10-24-21)22(2,3)4/h5-13H,1-4H3. The fourth-order valence-corrected chi connectivity index (χ4v) is 3.72. The summed E-state index contributed by atoms with van der Waals surface area (Å²) in [7, 11) is 0. The molecule has 2 heterocycles. The summed E-state index contributed by atoms with van der Waals surface area (Å²) in [6.45, 7) is 8.84. The fourth-order valence-electron chi connectivity index (χ4n) is 3.36. The summed E-state index contributed by atoms with van der Waals surface area (Å²) in [6.07, 6.45) is 1.92. The molecule has 0 radical (unpaired) electrons. The lowest BCUT2D eigenvalue weighted by molar-refractivity contribution is 0.588. The SMILES string of the molecule is Cc1ccc2c3cc(Br)ccc3n(-c3cc(C(C)(C)C)ccn3)c2c1. The summed E-state index contributed by atoms with van der Waals surface area (Å²) in [5, 5.41) is 2.50. The molecule has 0 unspecified atom stereocenters. The van der Waals surface area contributed by atoms with E-state index in [9.17, 15) is 0 Å². The number of hydrogen-bond acceptors (Lipinski definition) is 1. The Morgan fingerprint density at radius 2 is 1.68 bits per heavy atom. The second-order valence-corrected chi connectivity index (χ2v) is 8.59. The third-order valence-electron chi connectivity index (χ3n) is 4.72. The summed E-state index contributed by atoms with van der Waals surface area (Å²) in [5.41, 5.74) is 5.02. The van der Waals surface area contributed by atoms with Gasteiger partial charge < -0.3 is 0 Å². The third kappa shape index (κ3) is 2.77. The minimum Gasteiger partial charge on any atom is -0.294 e. The molecule has 0 fully saturated rings. The van der Waals surface area contributed by atoms with Gasteiger partial charge in [-0.3, -0.25) is 4.57 Å². The van der Waals surface area contributed by atoms with E-state index in [-0.39, 0.29) is 5.41 Å². The Kier molecular flexibility index (Phi) is 3.73. The molecule has 0 aliphatic carbocycles. The van der Waals surface area contributed by atoms with Crippen molar-refractivity contribution < 1.29 is 0 Å². The van der Waals surface area contributed by atoms with Crippen LogP contribution in [0.15, 0.2) is 59.2 Å². The average Bonchev–Trinajstić information content (AvgIpc) is 2.87. The van der Waals surface area contributed by atoms with Crippen molar-refractivity contribution in [3.05, 3.63) is 70.3 Å². The molecule has 0 aliphatic heterocycles. The van der Waals surface area contributed by atoms with Gasteiger partial charge in [-0.1, -0.05) is 48.8 Å². The van der Waals surface area contributed by atoms with Crippen LogP contribution in [0.4, 0.5) is 0 Å². The van der Waals surface area contributed by atoms with Crippen LogP contribution in [0.3, 0.4) is 0 Å². The summed E-state index contributed by atoms with van der Waals surface area (Å²) in [6, 6.07) is 17.4. The Labute approximate surface area is 156 Å². The molecule has 4 rings (SSSR count). The Hall–Kier alpha value is -2.13. The number of benzene rings is 2. The Balaban J connectivity index is 2.11. The van der Waals surface area contributed by atoms with Crippen molar-refractivity contribution in [1.29, 1.82) is 0 Å². The van der Waals surface area contributed by atoms with Crippen LogP contribution in [-0.4, -0.2) is 9.55 Å². The third-order valence-corrected chi connectivity index (χ3v) is 5.22.